The van der Waals surface area contributed by atoms with Crippen LogP contribution in [0.4, 0.5) is 10.5 Å². The lowest BCUT2D eigenvalue weighted by Crippen LogP contribution is -2.60. The third-order valence-electron chi connectivity index (χ3n) is 7.42. The highest BCUT2D eigenvalue weighted by atomic mass is 32.2. The predicted molar refractivity (Wildman–Crippen MR) is 148 cm³/mol. The second-order valence-corrected chi connectivity index (χ2v) is 12.9. The van der Waals surface area contributed by atoms with Crippen molar-refractivity contribution in [3.8, 4) is 28.3 Å². The molecule has 0 saturated heterocycles. The quantitative estimate of drug-likeness (QED) is 0.448. The standard InChI is InChI=1S/C29H33N3O5S/c1-28(2,3)32(27(33)34)29(15-8-16-29)22-13-11-21(12-14-22)25-23(20-9-6-5-7-10-20)19-24-26(30-25)37-18-17-31(24)38(4,35)36/h5-7,9-14,19H,8,15-18H2,1-4H3,(H,33,34). The van der Waals surface area contributed by atoms with Crippen molar-refractivity contribution < 1.29 is 23.1 Å². The number of nitrogens with zero attached hydrogens (tertiary/aromatic N) is 3. The summed E-state index contributed by atoms with van der Waals surface area (Å²) in [6, 6.07) is 19.5. The van der Waals surface area contributed by atoms with E-state index in [1.165, 1.54) is 10.6 Å². The Hall–Kier alpha value is -3.59. The lowest BCUT2D eigenvalue weighted by Gasteiger charge is -2.54. The van der Waals surface area contributed by atoms with Crippen LogP contribution in [-0.2, 0) is 15.6 Å². The number of fused-ring (bicyclic) bond motifs is 1. The molecular formula is C29H33N3O5S. The van der Waals surface area contributed by atoms with Crippen molar-refractivity contribution in [2.75, 3.05) is 23.7 Å². The first-order valence-electron chi connectivity index (χ1n) is 12.8. The van der Waals surface area contributed by atoms with Gasteiger partial charge in [-0.2, -0.15) is 0 Å². The Bertz CT molecular complexity index is 1460. The summed E-state index contributed by atoms with van der Waals surface area (Å²) in [6.07, 6.45) is 2.79. The summed E-state index contributed by atoms with van der Waals surface area (Å²) in [6.45, 7) is 6.23. The van der Waals surface area contributed by atoms with Gasteiger partial charge in [0.15, 0.2) is 0 Å². The van der Waals surface area contributed by atoms with E-state index in [0.29, 0.717) is 11.4 Å². The molecule has 38 heavy (non-hydrogen) atoms. The van der Waals surface area contributed by atoms with E-state index in [-0.39, 0.29) is 19.0 Å². The Labute approximate surface area is 223 Å². The van der Waals surface area contributed by atoms with Crippen molar-refractivity contribution >= 4 is 21.8 Å². The zero-order chi connectivity index (χ0) is 27.3. The van der Waals surface area contributed by atoms with E-state index in [1.54, 1.807) is 4.90 Å². The summed E-state index contributed by atoms with van der Waals surface area (Å²) in [5.41, 5.74) is 3.48. The Morgan fingerprint density at radius 3 is 2.24 bits per heavy atom. The van der Waals surface area contributed by atoms with Crippen LogP contribution in [0, 0.1) is 0 Å². The Morgan fingerprint density at radius 2 is 1.71 bits per heavy atom. The molecule has 0 bridgehead atoms. The molecule has 0 spiro atoms. The largest absolute Gasteiger partial charge is 0.474 e. The van der Waals surface area contributed by atoms with Gasteiger partial charge in [-0.3, -0.25) is 9.21 Å². The molecular weight excluding hydrogens is 502 g/mol. The molecule has 9 heteroatoms. The molecule has 1 aromatic heterocycles. The van der Waals surface area contributed by atoms with E-state index in [2.05, 4.69) is 0 Å². The summed E-state index contributed by atoms with van der Waals surface area (Å²) in [4.78, 5) is 18.8. The molecule has 1 saturated carbocycles. The van der Waals surface area contributed by atoms with Crippen LogP contribution in [0.5, 0.6) is 5.88 Å². The van der Waals surface area contributed by atoms with E-state index in [4.69, 9.17) is 9.72 Å². The van der Waals surface area contributed by atoms with Gasteiger partial charge < -0.3 is 9.84 Å². The minimum Gasteiger partial charge on any atom is -0.474 e. The fraction of sp³-hybridized carbons (Fsp3) is 0.379. The lowest BCUT2D eigenvalue weighted by atomic mass is 9.69. The molecule has 5 rings (SSSR count). The Balaban J connectivity index is 1.63. The molecule has 1 aliphatic carbocycles. The summed E-state index contributed by atoms with van der Waals surface area (Å²) < 4.78 is 32.1. The predicted octanol–water partition coefficient (Wildman–Crippen LogP) is 5.73. The van der Waals surface area contributed by atoms with Crippen LogP contribution in [0.2, 0.25) is 0 Å². The SMILES string of the molecule is CC(C)(C)N(C(=O)O)C1(c2ccc(-c3nc4c(cc3-c3ccccc3)N(S(C)(=O)=O)CCO4)cc2)CCC1. The summed E-state index contributed by atoms with van der Waals surface area (Å²) >= 11 is 0. The molecule has 0 atom stereocenters. The molecule has 0 unspecified atom stereocenters. The summed E-state index contributed by atoms with van der Waals surface area (Å²) in [5.74, 6) is 0.278. The fourth-order valence-electron chi connectivity index (χ4n) is 5.72. The highest BCUT2D eigenvalue weighted by molar-refractivity contribution is 7.92. The van der Waals surface area contributed by atoms with Gasteiger partial charge in [0.2, 0.25) is 15.9 Å². The number of hydrogen-bond acceptors (Lipinski definition) is 5. The van der Waals surface area contributed by atoms with E-state index in [9.17, 15) is 18.3 Å². The van der Waals surface area contributed by atoms with Crippen LogP contribution in [0.3, 0.4) is 0 Å². The first kappa shape index (κ1) is 26.0. The number of sulfonamides is 1. The summed E-state index contributed by atoms with van der Waals surface area (Å²) in [5, 5.41) is 10.1. The molecule has 8 nitrogen and oxygen atoms in total. The maximum Gasteiger partial charge on any atom is 0.408 e. The van der Waals surface area contributed by atoms with Gasteiger partial charge in [-0.25, -0.2) is 18.2 Å². The van der Waals surface area contributed by atoms with Crippen molar-refractivity contribution in [2.45, 2.75) is 51.1 Å². The van der Waals surface area contributed by atoms with Crippen molar-refractivity contribution in [1.29, 1.82) is 0 Å². The van der Waals surface area contributed by atoms with Crippen LogP contribution in [0.25, 0.3) is 22.4 Å². The normalized spacial score (nSPS) is 16.7. The maximum absolute atomic E-state index is 12.5. The number of rotatable bonds is 5. The van der Waals surface area contributed by atoms with Gasteiger partial charge in [-0.15, -0.1) is 0 Å². The molecule has 3 aromatic rings. The number of carboxylic acid groups (broad SMARTS) is 1. The Morgan fingerprint density at radius 1 is 1.05 bits per heavy atom. The number of hydrogen-bond donors (Lipinski definition) is 1. The number of ether oxygens (including phenoxy) is 1. The topological polar surface area (TPSA) is 100 Å². The molecule has 0 radical (unpaired) electrons. The fourth-order valence-corrected chi connectivity index (χ4v) is 6.62. The van der Waals surface area contributed by atoms with Gasteiger partial charge in [0.05, 0.1) is 24.0 Å². The highest BCUT2D eigenvalue weighted by Crippen LogP contribution is 2.50. The van der Waals surface area contributed by atoms with E-state index in [0.717, 1.165) is 41.5 Å². The number of pyridine rings is 1. The van der Waals surface area contributed by atoms with Crippen LogP contribution in [0.1, 0.15) is 45.6 Å². The molecule has 2 heterocycles. The summed E-state index contributed by atoms with van der Waals surface area (Å²) in [7, 11) is -3.50. The van der Waals surface area contributed by atoms with Crippen molar-refractivity contribution in [3.05, 3.63) is 66.2 Å². The number of benzene rings is 2. The number of amides is 1. The molecule has 1 aliphatic heterocycles. The molecule has 2 aliphatic rings. The van der Waals surface area contributed by atoms with Crippen molar-refractivity contribution in [2.24, 2.45) is 0 Å². The third kappa shape index (κ3) is 4.49. The first-order valence-corrected chi connectivity index (χ1v) is 14.6. The minimum atomic E-state index is -3.50. The van der Waals surface area contributed by atoms with Crippen LogP contribution in [-0.4, -0.2) is 54.4 Å². The van der Waals surface area contributed by atoms with E-state index in [1.807, 2.05) is 81.4 Å². The van der Waals surface area contributed by atoms with Gasteiger partial charge in [-0.1, -0.05) is 54.6 Å². The van der Waals surface area contributed by atoms with Crippen LogP contribution < -0.4 is 9.04 Å². The van der Waals surface area contributed by atoms with Crippen molar-refractivity contribution in [3.63, 3.8) is 0 Å². The average Bonchev–Trinajstić information content (AvgIpc) is 2.84. The van der Waals surface area contributed by atoms with Gasteiger partial charge >= 0.3 is 6.09 Å². The van der Waals surface area contributed by atoms with E-state index >= 15 is 0 Å². The number of carbonyl (C=O) groups is 1. The molecule has 1 fully saturated rings. The number of aromatic nitrogens is 1. The van der Waals surface area contributed by atoms with Gasteiger partial charge in [0.1, 0.15) is 12.3 Å². The van der Waals surface area contributed by atoms with Crippen LogP contribution in [0.15, 0.2) is 60.7 Å². The second-order valence-electron chi connectivity index (χ2n) is 11.0. The molecule has 1 N–H and O–H groups in total. The smallest absolute Gasteiger partial charge is 0.408 e. The van der Waals surface area contributed by atoms with Gasteiger partial charge in [0, 0.05) is 16.7 Å². The second kappa shape index (κ2) is 9.31. The highest BCUT2D eigenvalue weighted by Gasteiger charge is 2.50. The lowest BCUT2D eigenvalue weighted by molar-refractivity contribution is -0.0328. The third-order valence-corrected chi connectivity index (χ3v) is 8.60. The van der Waals surface area contributed by atoms with E-state index < -0.39 is 27.2 Å². The van der Waals surface area contributed by atoms with Crippen LogP contribution >= 0.6 is 0 Å². The Kier molecular flexibility index (Phi) is 6.38. The maximum atomic E-state index is 12.5. The first-order chi connectivity index (χ1) is 17.9. The monoisotopic (exact) mass is 535 g/mol. The van der Waals surface area contributed by atoms with Crippen molar-refractivity contribution in [1.82, 2.24) is 9.88 Å². The number of anilines is 1. The average molecular weight is 536 g/mol. The molecule has 2 aromatic carbocycles. The zero-order valence-electron chi connectivity index (χ0n) is 22.1. The van der Waals surface area contributed by atoms with Gasteiger partial charge in [0.25, 0.3) is 0 Å². The minimum absolute atomic E-state index is 0.219. The zero-order valence-corrected chi connectivity index (χ0v) is 23.0. The molecule has 1 amide bonds. The molecule has 200 valence electrons. The van der Waals surface area contributed by atoms with Gasteiger partial charge in [-0.05, 0) is 57.2 Å².